The van der Waals surface area contributed by atoms with Gasteiger partial charge >= 0.3 is 0 Å². The number of carbonyl (C=O) groups is 1. The fraction of sp³-hybridized carbons (Fsp3) is 0.467. The first-order valence-electron chi connectivity index (χ1n) is 13.4. The maximum absolute atomic E-state index is 13.3. The van der Waals surface area contributed by atoms with Crippen molar-refractivity contribution in [3.8, 4) is 0 Å². The highest BCUT2D eigenvalue weighted by Gasteiger charge is 2.39. The van der Waals surface area contributed by atoms with Crippen LogP contribution in [-0.4, -0.2) is 53.5 Å². The van der Waals surface area contributed by atoms with Crippen LogP contribution in [0.5, 0.6) is 0 Å². The molecule has 1 atom stereocenters. The van der Waals surface area contributed by atoms with Gasteiger partial charge in [-0.1, -0.05) is 30.3 Å². The Labute approximate surface area is 224 Å². The fourth-order valence-electron chi connectivity index (χ4n) is 6.05. The van der Waals surface area contributed by atoms with Gasteiger partial charge in [0.25, 0.3) is 5.91 Å². The lowest BCUT2D eigenvalue weighted by molar-refractivity contribution is -0.612. The summed E-state index contributed by atoms with van der Waals surface area (Å²) in [5.74, 6) is -0.00876. The maximum atomic E-state index is 13.3. The lowest BCUT2D eigenvalue weighted by atomic mass is 9.85. The second-order valence-corrected chi connectivity index (χ2v) is 11.7. The quantitative estimate of drug-likeness (QED) is 0.375. The Morgan fingerprint density at radius 3 is 2.41 bits per heavy atom. The molecule has 1 aromatic carbocycles. The Morgan fingerprint density at radius 2 is 1.76 bits per heavy atom. The van der Waals surface area contributed by atoms with Crippen molar-refractivity contribution in [2.75, 3.05) is 26.2 Å². The van der Waals surface area contributed by atoms with E-state index >= 15 is 0 Å². The molecule has 7 heteroatoms. The van der Waals surface area contributed by atoms with Crippen LogP contribution in [-0.2, 0) is 0 Å². The van der Waals surface area contributed by atoms with Crippen LogP contribution in [0, 0.1) is 19.1 Å². The van der Waals surface area contributed by atoms with Gasteiger partial charge in [0, 0.05) is 50.7 Å². The summed E-state index contributed by atoms with van der Waals surface area (Å²) in [5.41, 5.74) is 4.69. The average Bonchev–Trinajstić information content (AvgIpc) is 3.45. The number of carbonyl (C=O) groups excluding carboxylic acids is 1. The molecule has 2 aliphatic heterocycles. The lowest BCUT2D eigenvalue weighted by Gasteiger charge is -2.49. The highest BCUT2D eigenvalue weighted by Crippen LogP contribution is 2.33. The van der Waals surface area contributed by atoms with Crippen molar-refractivity contribution in [1.29, 1.82) is 0 Å². The number of amides is 1. The largest absolute Gasteiger partial charge is 0.618 e. The molecular formula is C30H38N4O2S. The molecule has 2 saturated heterocycles. The number of aryl methyl sites for hydroxylation is 1. The molecular weight excluding hydrogens is 480 g/mol. The van der Waals surface area contributed by atoms with E-state index in [-0.39, 0.29) is 17.5 Å². The molecule has 5 rings (SSSR count). The number of likely N-dealkylation sites (tertiary alicyclic amines) is 2. The van der Waals surface area contributed by atoms with Gasteiger partial charge in [-0.3, -0.25) is 9.69 Å². The van der Waals surface area contributed by atoms with Gasteiger partial charge in [0.05, 0.1) is 6.04 Å². The number of hydrogen-bond acceptors (Lipinski definition) is 5. The van der Waals surface area contributed by atoms with Crippen LogP contribution in [0.15, 0.2) is 59.4 Å². The van der Waals surface area contributed by atoms with Crippen molar-refractivity contribution in [3.63, 3.8) is 0 Å². The van der Waals surface area contributed by atoms with Crippen LogP contribution in [0.4, 0.5) is 0 Å². The molecule has 2 aliphatic rings. The molecule has 2 fully saturated rings. The molecule has 37 heavy (non-hydrogen) atoms. The molecule has 1 amide bonds. The summed E-state index contributed by atoms with van der Waals surface area (Å²) in [6, 6.07) is 15.4. The summed E-state index contributed by atoms with van der Waals surface area (Å²) in [7, 11) is 0. The summed E-state index contributed by atoms with van der Waals surface area (Å²) in [4.78, 5) is 17.9. The third-order valence-electron chi connectivity index (χ3n) is 8.56. The first-order chi connectivity index (χ1) is 17.9. The lowest BCUT2D eigenvalue weighted by Crippen LogP contribution is -2.58. The number of hydrogen-bond donors (Lipinski definition) is 1. The smallest absolute Gasteiger partial charge is 0.260 e. The van der Waals surface area contributed by atoms with Crippen LogP contribution in [0.1, 0.15) is 71.4 Å². The Bertz CT molecular complexity index is 1200. The molecule has 4 heterocycles. The van der Waals surface area contributed by atoms with Crippen molar-refractivity contribution >= 4 is 17.2 Å². The molecule has 3 aromatic rings. The van der Waals surface area contributed by atoms with Crippen LogP contribution >= 0.6 is 11.3 Å². The van der Waals surface area contributed by atoms with Gasteiger partial charge in [0.2, 0.25) is 5.69 Å². The fourth-order valence-corrected chi connectivity index (χ4v) is 6.74. The van der Waals surface area contributed by atoms with E-state index in [0.717, 1.165) is 62.2 Å². The third kappa shape index (κ3) is 5.44. The van der Waals surface area contributed by atoms with Gasteiger partial charge in [-0.05, 0) is 73.0 Å². The summed E-state index contributed by atoms with van der Waals surface area (Å²) in [6.07, 6.45) is 5.65. The molecule has 6 nitrogen and oxygen atoms in total. The van der Waals surface area contributed by atoms with Crippen LogP contribution in [0.3, 0.4) is 0 Å². The minimum Gasteiger partial charge on any atom is -0.618 e. The number of aromatic nitrogens is 1. The SMILES string of the molecule is Cc1cc[n+]([O-])c(C)c1C(=O)N1CCC(C)(N2CCC(NC(c3ccccc3)c3ccsc3)CC2)CC1. The number of benzene rings is 1. The van der Waals surface area contributed by atoms with E-state index < -0.39 is 0 Å². The van der Waals surface area contributed by atoms with E-state index in [1.165, 1.54) is 17.3 Å². The van der Waals surface area contributed by atoms with E-state index in [2.05, 4.69) is 64.3 Å². The van der Waals surface area contributed by atoms with Crippen molar-refractivity contribution in [2.24, 2.45) is 0 Å². The van der Waals surface area contributed by atoms with E-state index in [0.29, 0.717) is 17.3 Å². The molecule has 196 valence electrons. The molecule has 2 aromatic heterocycles. The van der Waals surface area contributed by atoms with Crippen LogP contribution in [0.2, 0.25) is 0 Å². The number of nitrogens with zero attached hydrogens (tertiary/aromatic N) is 3. The normalized spacial score (nSPS) is 19.6. The van der Waals surface area contributed by atoms with E-state index in [1.54, 1.807) is 24.3 Å². The summed E-state index contributed by atoms with van der Waals surface area (Å²) in [5, 5.41) is 20.4. The zero-order valence-corrected chi connectivity index (χ0v) is 23.0. The predicted octanol–water partition coefficient (Wildman–Crippen LogP) is 4.84. The second-order valence-electron chi connectivity index (χ2n) is 10.9. The Kier molecular flexibility index (Phi) is 7.65. The number of rotatable bonds is 6. The summed E-state index contributed by atoms with van der Waals surface area (Å²) >= 11 is 1.75. The first-order valence-corrected chi connectivity index (χ1v) is 14.4. The van der Waals surface area contributed by atoms with Crippen molar-refractivity contribution in [2.45, 2.75) is 64.1 Å². The van der Waals surface area contributed by atoms with Crippen molar-refractivity contribution in [1.82, 2.24) is 15.1 Å². The summed E-state index contributed by atoms with van der Waals surface area (Å²) < 4.78 is 0.799. The zero-order chi connectivity index (χ0) is 26.0. The minimum absolute atomic E-state index is 0.00876. The molecule has 1 N–H and O–H groups in total. The van der Waals surface area contributed by atoms with Crippen molar-refractivity contribution < 1.29 is 9.52 Å². The molecule has 0 radical (unpaired) electrons. The Hall–Kier alpha value is -2.74. The highest BCUT2D eigenvalue weighted by molar-refractivity contribution is 7.08. The first kappa shape index (κ1) is 25.9. The Balaban J connectivity index is 1.18. The number of pyridine rings is 1. The Morgan fingerprint density at radius 1 is 1.05 bits per heavy atom. The van der Waals surface area contributed by atoms with Gasteiger partial charge in [-0.2, -0.15) is 16.1 Å². The standard InChI is InChI=1S/C30H38N4O2S/c1-22-9-17-34(36)23(2)27(22)29(35)32-18-13-30(3,14-19-32)33-15-10-26(11-16-33)31-28(25-12-20-37-21-25)24-7-5-4-6-8-24/h4-9,12,17,20-21,26,28,31H,10-11,13-16,18-19H2,1-3H3. The van der Waals surface area contributed by atoms with E-state index in [9.17, 15) is 10.0 Å². The average molecular weight is 519 g/mol. The van der Waals surface area contributed by atoms with Gasteiger partial charge < -0.3 is 15.4 Å². The number of piperidine rings is 2. The molecule has 0 spiro atoms. The minimum atomic E-state index is -0.00876. The van der Waals surface area contributed by atoms with E-state index in [4.69, 9.17) is 0 Å². The maximum Gasteiger partial charge on any atom is 0.260 e. The molecule has 0 bridgehead atoms. The zero-order valence-electron chi connectivity index (χ0n) is 22.2. The molecule has 0 aliphatic carbocycles. The highest BCUT2D eigenvalue weighted by atomic mass is 32.1. The van der Waals surface area contributed by atoms with Crippen LogP contribution < -0.4 is 10.0 Å². The van der Waals surface area contributed by atoms with Gasteiger partial charge in [0.15, 0.2) is 6.20 Å². The van der Waals surface area contributed by atoms with Crippen molar-refractivity contribution in [3.05, 3.63) is 92.6 Å². The molecule has 0 saturated carbocycles. The summed E-state index contributed by atoms with van der Waals surface area (Å²) in [6.45, 7) is 9.61. The van der Waals surface area contributed by atoms with E-state index in [1.807, 2.05) is 11.8 Å². The number of nitrogens with one attached hydrogen (secondary N) is 1. The second kappa shape index (κ2) is 10.9. The van der Waals surface area contributed by atoms with Crippen LogP contribution in [0.25, 0.3) is 0 Å². The topological polar surface area (TPSA) is 62.5 Å². The van der Waals surface area contributed by atoms with Gasteiger partial charge in [0.1, 0.15) is 5.56 Å². The molecule has 1 unspecified atom stereocenters. The van der Waals surface area contributed by atoms with Gasteiger partial charge in [-0.25, -0.2) is 0 Å². The monoisotopic (exact) mass is 518 g/mol. The van der Waals surface area contributed by atoms with Gasteiger partial charge in [-0.15, -0.1) is 0 Å². The number of thiophene rings is 1. The predicted molar refractivity (Wildman–Crippen MR) is 149 cm³/mol. The third-order valence-corrected chi connectivity index (χ3v) is 9.26.